The highest BCUT2D eigenvalue weighted by molar-refractivity contribution is 5.88. The molecule has 0 fully saturated rings. The predicted molar refractivity (Wildman–Crippen MR) is 205 cm³/mol. The van der Waals surface area contributed by atoms with Crippen molar-refractivity contribution in [3.8, 4) is 33.4 Å². The van der Waals surface area contributed by atoms with Crippen molar-refractivity contribution < 1.29 is 0 Å². The Morgan fingerprint density at radius 1 is 0.312 bits per heavy atom. The van der Waals surface area contributed by atoms with Crippen LogP contribution < -0.4 is 10.2 Å². The van der Waals surface area contributed by atoms with Crippen LogP contribution in [0.2, 0.25) is 0 Å². The molecule has 0 aliphatic carbocycles. The number of hydrogen-bond donors (Lipinski definition) is 1. The summed E-state index contributed by atoms with van der Waals surface area (Å²) in [5.41, 5.74) is 12.5. The minimum Gasteiger partial charge on any atom is -0.355 e. The van der Waals surface area contributed by atoms with E-state index in [1.807, 2.05) is 0 Å². The average molecular weight is 615 g/mol. The number of anilines is 5. The maximum absolute atomic E-state index is 3.72. The van der Waals surface area contributed by atoms with Gasteiger partial charge in [-0.25, -0.2) is 0 Å². The molecule has 0 saturated carbocycles. The van der Waals surface area contributed by atoms with E-state index >= 15 is 0 Å². The molecule has 8 aromatic rings. The molecule has 48 heavy (non-hydrogen) atoms. The first kappa shape index (κ1) is 29.1. The fourth-order valence-electron chi connectivity index (χ4n) is 6.39. The average Bonchev–Trinajstić information content (AvgIpc) is 3.16. The number of rotatable bonds is 8. The van der Waals surface area contributed by atoms with Crippen LogP contribution in [0.5, 0.6) is 0 Å². The number of fused-ring (bicyclic) bond motifs is 1. The number of nitrogens with one attached hydrogen (secondary N) is 1. The Kier molecular flexibility index (Phi) is 7.96. The third-order valence-electron chi connectivity index (χ3n) is 8.84. The minimum atomic E-state index is 1.02. The molecular formula is C46H34N2. The SMILES string of the molecule is c1ccc(-c2ccc(N(c3ccc(-c4ccc5ccccc5c4)cc3)c3cccc(Nc4ccccc4-c4ccccc4)c3)cc2)cc1. The Labute approximate surface area is 282 Å². The lowest BCUT2D eigenvalue weighted by atomic mass is 10.0. The van der Waals surface area contributed by atoms with Gasteiger partial charge in [-0.1, -0.05) is 146 Å². The molecule has 8 aromatic carbocycles. The smallest absolute Gasteiger partial charge is 0.0482 e. The van der Waals surface area contributed by atoms with Gasteiger partial charge in [-0.15, -0.1) is 0 Å². The maximum atomic E-state index is 3.72. The van der Waals surface area contributed by atoms with Crippen LogP contribution in [0.1, 0.15) is 0 Å². The zero-order chi connectivity index (χ0) is 32.1. The van der Waals surface area contributed by atoms with Crippen molar-refractivity contribution in [1.29, 1.82) is 0 Å². The topological polar surface area (TPSA) is 15.3 Å². The summed E-state index contributed by atoms with van der Waals surface area (Å²) in [4.78, 5) is 2.33. The Balaban J connectivity index is 1.17. The molecule has 8 rings (SSSR count). The molecule has 228 valence electrons. The first-order chi connectivity index (χ1) is 23.8. The molecule has 1 N–H and O–H groups in total. The summed E-state index contributed by atoms with van der Waals surface area (Å²) in [7, 11) is 0. The Morgan fingerprint density at radius 2 is 0.854 bits per heavy atom. The molecular weight excluding hydrogens is 581 g/mol. The standard InChI is InChI=1S/C46H34N2/c1-3-12-34(13-4-1)36-24-28-42(29-25-36)48(43-30-26-37(27-31-43)40-23-22-35-14-7-8-17-39(35)32-40)44-19-11-18-41(33-44)47-46-21-10-9-20-45(46)38-15-5-2-6-16-38/h1-33,47H. The number of nitrogens with zero attached hydrogens (tertiary/aromatic N) is 1. The van der Waals surface area contributed by atoms with Crippen LogP contribution in [0.4, 0.5) is 28.4 Å². The first-order valence-corrected chi connectivity index (χ1v) is 16.3. The van der Waals surface area contributed by atoms with Crippen molar-refractivity contribution >= 4 is 39.2 Å². The van der Waals surface area contributed by atoms with E-state index < -0.39 is 0 Å². The van der Waals surface area contributed by atoms with Crippen molar-refractivity contribution in [1.82, 2.24) is 0 Å². The largest absolute Gasteiger partial charge is 0.355 e. The highest BCUT2D eigenvalue weighted by Crippen LogP contribution is 2.39. The molecule has 0 atom stereocenters. The molecule has 0 bridgehead atoms. The number of para-hydroxylation sites is 1. The second kappa shape index (κ2) is 13.2. The van der Waals surface area contributed by atoms with Crippen LogP contribution in [-0.2, 0) is 0 Å². The van der Waals surface area contributed by atoms with Crippen molar-refractivity contribution in [2.45, 2.75) is 0 Å². The molecule has 0 amide bonds. The van der Waals surface area contributed by atoms with Crippen LogP contribution in [0.15, 0.2) is 200 Å². The van der Waals surface area contributed by atoms with Crippen molar-refractivity contribution in [3.05, 3.63) is 200 Å². The monoisotopic (exact) mass is 614 g/mol. The summed E-state index contributed by atoms with van der Waals surface area (Å²) in [5, 5.41) is 6.22. The van der Waals surface area contributed by atoms with Crippen LogP contribution >= 0.6 is 0 Å². The Bertz CT molecular complexity index is 2290. The van der Waals surface area contributed by atoms with Gasteiger partial charge < -0.3 is 10.2 Å². The molecule has 0 unspecified atom stereocenters. The van der Waals surface area contributed by atoms with Gasteiger partial charge in [0.1, 0.15) is 0 Å². The summed E-state index contributed by atoms with van der Waals surface area (Å²) in [6.07, 6.45) is 0. The van der Waals surface area contributed by atoms with Gasteiger partial charge >= 0.3 is 0 Å². The lowest BCUT2D eigenvalue weighted by Crippen LogP contribution is -2.10. The Morgan fingerprint density at radius 3 is 1.56 bits per heavy atom. The summed E-state index contributed by atoms with van der Waals surface area (Å²) in [6.45, 7) is 0. The highest BCUT2D eigenvalue weighted by atomic mass is 15.1. The molecule has 0 heterocycles. The minimum absolute atomic E-state index is 1.02. The number of hydrogen-bond acceptors (Lipinski definition) is 2. The van der Waals surface area contributed by atoms with Gasteiger partial charge in [0.15, 0.2) is 0 Å². The van der Waals surface area contributed by atoms with Gasteiger partial charge in [0, 0.05) is 34.0 Å². The van der Waals surface area contributed by atoms with Gasteiger partial charge in [0.05, 0.1) is 0 Å². The number of benzene rings is 8. The van der Waals surface area contributed by atoms with Crippen molar-refractivity contribution in [2.75, 3.05) is 10.2 Å². The van der Waals surface area contributed by atoms with E-state index in [0.717, 1.165) is 28.4 Å². The molecule has 2 nitrogen and oxygen atoms in total. The van der Waals surface area contributed by atoms with Gasteiger partial charge in [-0.2, -0.15) is 0 Å². The summed E-state index contributed by atoms with van der Waals surface area (Å²) >= 11 is 0. The van der Waals surface area contributed by atoms with Crippen LogP contribution in [0.25, 0.3) is 44.2 Å². The van der Waals surface area contributed by atoms with E-state index in [9.17, 15) is 0 Å². The van der Waals surface area contributed by atoms with Crippen LogP contribution in [0, 0.1) is 0 Å². The normalized spacial score (nSPS) is 10.9. The quantitative estimate of drug-likeness (QED) is 0.183. The molecule has 0 aliphatic heterocycles. The molecule has 0 radical (unpaired) electrons. The zero-order valence-electron chi connectivity index (χ0n) is 26.5. The van der Waals surface area contributed by atoms with E-state index in [2.05, 4.69) is 210 Å². The second-order valence-corrected chi connectivity index (χ2v) is 11.9. The maximum Gasteiger partial charge on any atom is 0.0482 e. The van der Waals surface area contributed by atoms with Gasteiger partial charge in [0.25, 0.3) is 0 Å². The second-order valence-electron chi connectivity index (χ2n) is 11.9. The van der Waals surface area contributed by atoms with Crippen LogP contribution in [-0.4, -0.2) is 0 Å². The molecule has 0 spiro atoms. The van der Waals surface area contributed by atoms with Crippen molar-refractivity contribution in [3.63, 3.8) is 0 Å². The van der Waals surface area contributed by atoms with Crippen LogP contribution in [0.3, 0.4) is 0 Å². The van der Waals surface area contributed by atoms with Gasteiger partial charge in [0.2, 0.25) is 0 Å². The van der Waals surface area contributed by atoms with E-state index in [-0.39, 0.29) is 0 Å². The van der Waals surface area contributed by atoms with Gasteiger partial charge in [-0.3, -0.25) is 0 Å². The first-order valence-electron chi connectivity index (χ1n) is 16.3. The van der Waals surface area contributed by atoms with Crippen molar-refractivity contribution in [2.24, 2.45) is 0 Å². The lowest BCUT2D eigenvalue weighted by molar-refractivity contribution is 1.28. The molecule has 0 aromatic heterocycles. The lowest BCUT2D eigenvalue weighted by Gasteiger charge is -2.26. The van der Waals surface area contributed by atoms with E-state index in [0.29, 0.717) is 0 Å². The molecule has 0 saturated heterocycles. The van der Waals surface area contributed by atoms with E-state index in [1.165, 1.54) is 44.2 Å². The Hall–Kier alpha value is -6.38. The van der Waals surface area contributed by atoms with Gasteiger partial charge in [-0.05, 0) is 93.2 Å². The summed E-state index contributed by atoms with van der Waals surface area (Å²) in [6, 6.07) is 71.1. The highest BCUT2D eigenvalue weighted by Gasteiger charge is 2.15. The fourth-order valence-corrected chi connectivity index (χ4v) is 6.39. The third-order valence-corrected chi connectivity index (χ3v) is 8.84. The summed E-state index contributed by atoms with van der Waals surface area (Å²) < 4.78 is 0. The van der Waals surface area contributed by atoms with E-state index in [1.54, 1.807) is 0 Å². The van der Waals surface area contributed by atoms with E-state index in [4.69, 9.17) is 0 Å². The fraction of sp³-hybridized carbons (Fsp3) is 0. The predicted octanol–water partition coefficient (Wildman–Crippen LogP) is 13.1. The molecule has 0 aliphatic rings. The molecule has 2 heteroatoms. The zero-order valence-corrected chi connectivity index (χ0v) is 26.5. The summed E-state index contributed by atoms with van der Waals surface area (Å²) in [5.74, 6) is 0. The third kappa shape index (κ3) is 6.08.